The molecule has 5 rings (SSSR count). The maximum atomic E-state index is 6.15. The first-order valence-corrected chi connectivity index (χ1v) is 11.2. The van der Waals surface area contributed by atoms with Crippen molar-refractivity contribution in [1.82, 2.24) is 4.90 Å². The van der Waals surface area contributed by atoms with Crippen molar-refractivity contribution in [3.63, 3.8) is 0 Å². The highest BCUT2D eigenvalue weighted by molar-refractivity contribution is 6.63. The molecule has 0 bridgehead atoms. The lowest BCUT2D eigenvalue weighted by Crippen LogP contribution is -2.37. The van der Waals surface area contributed by atoms with Crippen LogP contribution in [0.5, 0.6) is 5.75 Å². The maximum absolute atomic E-state index is 6.15. The number of para-hydroxylation sites is 1. The highest BCUT2D eigenvalue weighted by atomic mass is 28.3. The van der Waals surface area contributed by atoms with Gasteiger partial charge in [0, 0.05) is 35.4 Å². The minimum atomic E-state index is -0.367. The van der Waals surface area contributed by atoms with E-state index in [1.54, 1.807) is 5.20 Å². The summed E-state index contributed by atoms with van der Waals surface area (Å²) in [6.45, 7) is 4.75. The molecule has 0 fully saturated rings. The van der Waals surface area contributed by atoms with Crippen molar-refractivity contribution in [3.05, 3.63) is 58.4 Å². The summed E-state index contributed by atoms with van der Waals surface area (Å²) in [7, 11) is -0.367. The van der Waals surface area contributed by atoms with Crippen LogP contribution in [0.4, 0.5) is 0 Å². The van der Waals surface area contributed by atoms with Gasteiger partial charge >= 0.3 is 0 Å². The van der Waals surface area contributed by atoms with Crippen molar-refractivity contribution >= 4 is 14.4 Å². The van der Waals surface area contributed by atoms with Crippen LogP contribution < -0.4 is 4.74 Å². The van der Waals surface area contributed by atoms with Gasteiger partial charge in [-0.15, -0.1) is 0 Å². The van der Waals surface area contributed by atoms with Gasteiger partial charge in [0.25, 0.3) is 0 Å². The van der Waals surface area contributed by atoms with Crippen LogP contribution in [-0.4, -0.2) is 25.8 Å². The first-order chi connectivity index (χ1) is 11.7. The summed E-state index contributed by atoms with van der Waals surface area (Å²) in [6, 6.07) is 12.2. The molecule has 119 valence electrons. The molecule has 1 aromatic carbocycles. The van der Waals surface area contributed by atoms with Gasteiger partial charge in [0.2, 0.25) is 0 Å². The molecular formula is C21H20NOSi. The Bertz CT molecular complexity index is 881. The summed E-state index contributed by atoms with van der Waals surface area (Å²) in [4.78, 5) is 2.27. The summed E-state index contributed by atoms with van der Waals surface area (Å²) >= 11 is 0. The highest BCUT2D eigenvalue weighted by Crippen LogP contribution is 2.45. The number of hydrogen-bond acceptors (Lipinski definition) is 2. The molecule has 2 atom stereocenters. The fourth-order valence-corrected chi connectivity index (χ4v) is 5.22. The van der Waals surface area contributed by atoms with Crippen LogP contribution in [-0.2, 0) is 0 Å². The van der Waals surface area contributed by atoms with Gasteiger partial charge in [-0.1, -0.05) is 36.5 Å². The minimum Gasteiger partial charge on any atom is -0.485 e. The lowest BCUT2D eigenvalue weighted by Gasteiger charge is -2.37. The van der Waals surface area contributed by atoms with Crippen LogP contribution in [0.2, 0.25) is 13.1 Å². The van der Waals surface area contributed by atoms with Crippen LogP contribution in [0.3, 0.4) is 0 Å². The fourth-order valence-electron chi connectivity index (χ4n) is 4.18. The van der Waals surface area contributed by atoms with E-state index in [0.29, 0.717) is 6.04 Å². The van der Waals surface area contributed by atoms with Gasteiger partial charge < -0.3 is 9.64 Å². The highest BCUT2D eigenvalue weighted by Gasteiger charge is 2.37. The Morgan fingerprint density at radius 1 is 1.25 bits per heavy atom. The summed E-state index contributed by atoms with van der Waals surface area (Å²) in [5, 5.41) is 1.62. The van der Waals surface area contributed by atoms with Gasteiger partial charge in [-0.25, -0.2) is 0 Å². The van der Waals surface area contributed by atoms with Crippen molar-refractivity contribution in [2.24, 2.45) is 0 Å². The van der Waals surface area contributed by atoms with Crippen LogP contribution >= 0.6 is 0 Å². The van der Waals surface area contributed by atoms with Gasteiger partial charge in [0.15, 0.2) is 0 Å². The summed E-state index contributed by atoms with van der Waals surface area (Å²) in [5.41, 5.74) is 5.32. The molecule has 0 saturated carbocycles. The quantitative estimate of drug-likeness (QED) is 0.566. The van der Waals surface area contributed by atoms with Crippen LogP contribution in [0, 0.1) is 12.0 Å². The van der Waals surface area contributed by atoms with E-state index >= 15 is 0 Å². The normalized spacial score (nSPS) is 26.4. The number of benzene rings is 1. The number of allylic oxidation sites excluding steroid dienone is 1. The first-order valence-electron chi connectivity index (χ1n) is 8.72. The fraction of sp³-hybridized carbons (Fsp3) is 0.333. The van der Waals surface area contributed by atoms with Crippen molar-refractivity contribution in [3.8, 4) is 17.7 Å². The third-order valence-corrected chi connectivity index (χ3v) is 7.18. The molecule has 1 radical (unpaired) electrons. The zero-order valence-electron chi connectivity index (χ0n) is 14.1. The van der Waals surface area contributed by atoms with Crippen LogP contribution in [0.25, 0.3) is 5.57 Å². The molecule has 2 nitrogen and oxygen atoms in total. The van der Waals surface area contributed by atoms with E-state index in [1.807, 2.05) is 6.07 Å². The van der Waals surface area contributed by atoms with Gasteiger partial charge in [-0.05, 0) is 36.5 Å². The Hall–Kier alpha value is -2.18. The number of fused-ring (bicyclic) bond motifs is 5. The standard InChI is InChI=1S/C21H20NOSi/c1-24(2)15-7-8-19-17-12-18-16-5-3-4-6-20(16)23-21(18)11-14(17)9-10-22(19)13-15/h3-6,12-13,19,21H,7-8,11H2,1-2H3. The van der Waals surface area contributed by atoms with Crippen molar-refractivity contribution in [2.45, 2.75) is 44.5 Å². The van der Waals surface area contributed by atoms with Crippen molar-refractivity contribution in [1.29, 1.82) is 0 Å². The molecule has 0 amide bonds. The topological polar surface area (TPSA) is 12.5 Å². The number of hydrogen-bond donors (Lipinski definition) is 0. The molecule has 3 heteroatoms. The third-order valence-electron chi connectivity index (χ3n) is 5.52. The SMILES string of the molecule is C[Si](C)C1=CN2C#CC3=C(C=C4c5ccccc5OC4C3)C2CC1. The minimum absolute atomic E-state index is 0.151. The molecule has 0 aromatic heterocycles. The Morgan fingerprint density at radius 2 is 2.12 bits per heavy atom. The lowest BCUT2D eigenvalue weighted by molar-refractivity contribution is 0.273. The van der Waals surface area contributed by atoms with Gasteiger partial charge in [0.05, 0.1) is 14.8 Å². The largest absolute Gasteiger partial charge is 0.485 e. The molecule has 3 heterocycles. The van der Waals surface area contributed by atoms with Gasteiger partial charge in [0.1, 0.15) is 11.9 Å². The smallest absolute Gasteiger partial charge is 0.129 e. The molecule has 4 aliphatic rings. The van der Waals surface area contributed by atoms with E-state index < -0.39 is 0 Å². The van der Waals surface area contributed by atoms with Crippen molar-refractivity contribution < 1.29 is 4.74 Å². The number of ether oxygens (including phenoxy) is 1. The Kier molecular flexibility index (Phi) is 3.05. The summed E-state index contributed by atoms with van der Waals surface area (Å²) in [6.07, 6.45) is 8.19. The van der Waals surface area contributed by atoms with Crippen LogP contribution in [0.15, 0.2) is 52.9 Å². The van der Waals surface area contributed by atoms with Crippen LogP contribution in [0.1, 0.15) is 24.8 Å². The molecule has 0 saturated heterocycles. The number of rotatable bonds is 1. The van der Waals surface area contributed by atoms with E-state index in [0.717, 1.165) is 12.2 Å². The van der Waals surface area contributed by atoms with E-state index in [-0.39, 0.29) is 14.9 Å². The molecule has 3 aliphatic heterocycles. The second-order valence-corrected chi connectivity index (χ2v) is 9.84. The Balaban J connectivity index is 1.55. The maximum Gasteiger partial charge on any atom is 0.129 e. The van der Waals surface area contributed by atoms with E-state index in [2.05, 4.69) is 60.4 Å². The number of nitrogens with zero attached hydrogens (tertiary/aromatic N) is 1. The van der Waals surface area contributed by atoms with Gasteiger partial charge in [-0.2, -0.15) is 0 Å². The second-order valence-electron chi connectivity index (χ2n) is 7.19. The molecule has 1 aromatic rings. The molecule has 2 unspecified atom stereocenters. The second kappa shape index (κ2) is 5.16. The average Bonchev–Trinajstić information content (AvgIpc) is 2.96. The molecular weight excluding hydrogens is 310 g/mol. The molecule has 24 heavy (non-hydrogen) atoms. The summed E-state index contributed by atoms with van der Waals surface area (Å²) < 4.78 is 6.15. The van der Waals surface area contributed by atoms with E-state index in [9.17, 15) is 0 Å². The predicted octanol–water partition coefficient (Wildman–Crippen LogP) is 4.15. The van der Waals surface area contributed by atoms with Crippen molar-refractivity contribution in [2.75, 3.05) is 0 Å². The van der Waals surface area contributed by atoms with Gasteiger partial charge in [-0.3, -0.25) is 0 Å². The van der Waals surface area contributed by atoms with E-state index in [4.69, 9.17) is 4.74 Å². The third kappa shape index (κ3) is 2.03. The Morgan fingerprint density at radius 3 is 3.00 bits per heavy atom. The summed E-state index contributed by atoms with van der Waals surface area (Å²) in [5.74, 6) is 4.44. The van der Waals surface area contributed by atoms with E-state index in [1.165, 1.54) is 35.1 Å². The lowest BCUT2D eigenvalue weighted by atomic mass is 9.82. The zero-order valence-corrected chi connectivity index (χ0v) is 15.1. The molecule has 1 aliphatic carbocycles. The first kappa shape index (κ1) is 14.2. The monoisotopic (exact) mass is 330 g/mol. The average molecular weight is 330 g/mol. The molecule has 0 N–H and O–H groups in total. The predicted molar refractivity (Wildman–Crippen MR) is 98.7 cm³/mol. The Labute approximate surface area is 145 Å². The zero-order chi connectivity index (χ0) is 16.3. The molecule has 0 spiro atoms.